The van der Waals surface area contributed by atoms with Gasteiger partial charge < -0.3 is 14.2 Å². The van der Waals surface area contributed by atoms with E-state index < -0.39 is 6.10 Å². The Kier molecular flexibility index (Phi) is 47.4. The maximum atomic E-state index is 12.7. The first kappa shape index (κ1) is 58.1. The predicted octanol–water partition coefficient (Wildman–Crippen LogP) is 16.9. The topological polar surface area (TPSA) is 78.9 Å². The highest BCUT2D eigenvalue weighted by atomic mass is 16.6. The molecular formula is C55H96O6. The Hall–Kier alpha value is -2.89. The van der Waals surface area contributed by atoms with Gasteiger partial charge >= 0.3 is 17.9 Å². The maximum Gasteiger partial charge on any atom is 0.306 e. The predicted molar refractivity (Wildman–Crippen MR) is 261 cm³/mol. The molecule has 0 aromatic rings. The number of ether oxygens (including phenoxy) is 3. The van der Waals surface area contributed by atoms with Crippen molar-refractivity contribution < 1.29 is 28.6 Å². The summed E-state index contributed by atoms with van der Waals surface area (Å²) in [4.78, 5) is 37.7. The number of rotatable bonds is 46. The highest BCUT2D eigenvalue weighted by Gasteiger charge is 2.19. The summed E-state index contributed by atoms with van der Waals surface area (Å²) in [7, 11) is 0. The van der Waals surface area contributed by atoms with Crippen LogP contribution in [0.2, 0.25) is 0 Å². The van der Waals surface area contributed by atoms with E-state index in [4.69, 9.17) is 14.2 Å². The van der Waals surface area contributed by atoms with Crippen LogP contribution in [0.25, 0.3) is 0 Å². The van der Waals surface area contributed by atoms with E-state index >= 15 is 0 Å². The Morgan fingerprint density at radius 2 is 0.590 bits per heavy atom. The quantitative estimate of drug-likeness (QED) is 0.0263. The standard InChI is InChI=1S/C55H96O6/c1-4-7-10-13-15-17-19-21-23-25-27-29-31-33-35-37-39-42-45-48-54(57)60-51-52(50-59-53(56)47-44-41-12-9-6-3)61-55(58)49-46-43-40-38-36-34-32-30-28-26-24-22-20-18-16-14-11-8-5-2/h15-18,21-24,27,29,52H,4-14,19-20,25-26,28,30-51H2,1-3H3/b17-15-,18-16-,23-21-,24-22-,29-27-. The van der Waals surface area contributed by atoms with Gasteiger partial charge in [-0.05, 0) is 89.9 Å². The average Bonchev–Trinajstić information content (AvgIpc) is 3.26. The molecule has 352 valence electrons. The van der Waals surface area contributed by atoms with Crippen molar-refractivity contribution in [3.8, 4) is 0 Å². The maximum absolute atomic E-state index is 12.7. The monoisotopic (exact) mass is 853 g/mol. The summed E-state index contributed by atoms with van der Waals surface area (Å²) >= 11 is 0. The van der Waals surface area contributed by atoms with E-state index in [0.29, 0.717) is 19.3 Å². The van der Waals surface area contributed by atoms with Crippen molar-refractivity contribution in [1.29, 1.82) is 0 Å². The summed E-state index contributed by atoms with van der Waals surface area (Å²) in [5.41, 5.74) is 0. The number of carbonyl (C=O) groups is 3. The second-order valence-electron chi connectivity index (χ2n) is 17.1. The molecule has 0 rings (SSSR count). The van der Waals surface area contributed by atoms with E-state index in [9.17, 15) is 14.4 Å². The molecule has 0 spiro atoms. The number of hydrogen-bond acceptors (Lipinski definition) is 6. The number of hydrogen-bond donors (Lipinski definition) is 0. The molecule has 0 bridgehead atoms. The van der Waals surface area contributed by atoms with Gasteiger partial charge in [0.05, 0.1) is 0 Å². The second-order valence-corrected chi connectivity index (χ2v) is 17.1. The number of esters is 3. The molecule has 6 nitrogen and oxygen atoms in total. The normalized spacial score (nSPS) is 12.5. The zero-order valence-electron chi connectivity index (χ0n) is 40.2. The fraction of sp³-hybridized carbons (Fsp3) is 0.764. The molecule has 0 heterocycles. The van der Waals surface area contributed by atoms with E-state index in [0.717, 1.165) is 89.9 Å². The van der Waals surface area contributed by atoms with Crippen LogP contribution in [-0.4, -0.2) is 37.2 Å². The van der Waals surface area contributed by atoms with Gasteiger partial charge in [-0.2, -0.15) is 0 Å². The summed E-state index contributed by atoms with van der Waals surface area (Å²) < 4.78 is 16.7. The minimum Gasteiger partial charge on any atom is -0.462 e. The molecule has 0 aliphatic rings. The zero-order chi connectivity index (χ0) is 44.4. The molecule has 0 aromatic carbocycles. The van der Waals surface area contributed by atoms with Crippen molar-refractivity contribution in [2.24, 2.45) is 0 Å². The van der Waals surface area contributed by atoms with Crippen molar-refractivity contribution in [3.63, 3.8) is 0 Å². The van der Waals surface area contributed by atoms with E-state index in [2.05, 4.69) is 81.5 Å². The second kappa shape index (κ2) is 49.8. The summed E-state index contributed by atoms with van der Waals surface area (Å²) in [6.07, 6.45) is 60.9. The van der Waals surface area contributed by atoms with E-state index in [1.54, 1.807) is 0 Å². The van der Waals surface area contributed by atoms with Gasteiger partial charge in [0, 0.05) is 19.3 Å². The van der Waals surface area contributed by atoms with E-state index in [1.165, 1.54) is 122 Å². The van der Waals surface area contributed by atoms with Crippen LogP contribution in [0.3, 0.4) is 0 Å². The third kappa shape index (κ3) is 48.0. The fourth-order valence-electron chi connectivity index (χ4n) is 7.07. The SMILES string of the molecule is CCCCC/C=C\C/C=C\C/C=C\CCCCCCCCC(=O)OCC(COC(=O)CCCCCCC)OC(=O)CCCCCCCCCCC/C=C\C/C=C\CCCCC. The molecule has 0 saturated carbocycles. The van der Waals surface area contributed by atoms with Gasteiger partial charge in [-0.3, -0.25) is 14.4 Å². The van der Waals surface area contributed by atoms with Crippen molar-refractivity contribution in [1.82, 2.24) is 0 Å². The molecule has 0 saturated heterocycles. The Balaban J connectivity index is 4.19. The molecule has 0 aliphatic carbocycles. The fourth-order valence-corrected chi connectivity index (χ4v) is 7.07. The molecular weight excluding hydrogens is 757 g/mol. The lowest BCUT2D eigenvalue weighted by Crippen LogP contribution is -2.30. The Bertz CT molecular complexity index is 1120. The molecule has 1 unspecified atom stereocenters. The molecule has 6 heteroatoms. The van der Waals surface area contributed by atoms with Gasteiger partial charge in [0.15, 0.2) is 6.10 Å². The van der Waals surface area contributed by atoms with Gasteiger partial charge in [0.2, 0.25) is 0 Å². The smallest absolute Gasteiger partial charge is 0.306 e. The molecule has 0 amide bonds. The van der Waals surface area contributed by atoms with E-state index in [1.807, 2.05) is 0 Å². The Morgan fingerprint density at radius 1 is 0.328 bits per heavy atom. The summed E-state index contributed by atoms with van der Waals surface area (Å²) in [5.74, 6) is -0.909. The van der Waals surface area contributed by atoms with Crippen LogP contribution in [0.1, 0.15) is 252 Å². The van der Waals surface area contributed by atoms with Crippen LogP contribution < -0.4 is 0 Å². The summed E-state index contributed by atoms with van der Waals surface area (Å²) in [5, 5.41) is 0. The summed E-state index contributed by atoms with van der Waals surface area (Å²) in [6.45, 7) is 6.49. The number of allylic oxidation sites excluding steroid dienone is 10. The average molecular weight is 853 g/mol. The molecule has 0 radical (unpaired) electrons. The van der Waals surface area contributed by atoms with Crippen LogP contribution in [0.15, 0.2) is 60.8 Å². The minimum absolute atomic E-state index is 0.0810. The molecule has 0 fully saturated rings. The third-order valence-electron chi connectivity index (χ3n) is 11.0. The van der Waals surface area contributed by atoms with Gasteiger partial charge in [-0.15, -0.1) is 0 Å². The molecule has 0 N–H and O–H groups in total. The van der Waals surface area contributed by atoms with Crippen molar-refractivity contribution >= 4 is 17.9 Å². The lowest BCUT2D eigenvalue weighted by molar-refractivity contribution is -0.167. The third-order valence-corrected chi connectivity index (χ3v) is 11.0. The Morgan fingerprint density at radius 3 is 0.951 bits per heavy atom. The van der Waals surface area contributed by atoms with Crippen LogP contribution in [0, 0.1) is 0 Å². The lowest BCUT2D eigenvalue weighted by Gasteiger charge is -2.18. The van der Waals surface area contributed by atoms with Crippen LogP contribution in [0.4, 0.5) is 0 Å². The van der Waals surface area contributed by atoms with E-state index in [-0.39, 0.29) is 31.1 Å². The van der Waals surface area contributed by atoms with Gasteiger partial charge in [0.25, 0.3) is 0 Å². The lowest BCUT2D eigenvalue weighted by atomic mass is 10.1. The first-order valence-corrected chi connectivity index (χ1v) is 25.8. The minimum atomic E-state index is -0.777. The first-order chi connectivity index (χ1) is 30.0. The molecule has 61 heavy (non-hydrogen) atoms. The van der Waals surface area contributed by atoms with Crippen LogP contribution >= 0.6 is 0 Å². The largest absolute Gasteiger partial charge is 0.462 e. The molecule has 1 atom stereocenters. The number of unbranched alkanes of at least 4 members (excludes halogenated alkanes) is 25. The zero-order valence-corrected chi connectivity index (χ0v) is 40.2. The first-order valence-electron chi connectivity index (χ1n) is 25.8. The van der Waals surface area contributed by atoms with Crippen molar-refractivity contribution in [2.45, 2.75) is 258 Å². The van der Waals surface area contributed by atoms with Crippen LogP contribution in [-0.2, 0) is 28.6 Å². The highest BCUT2D eigenvalue weighted by Crippen LogP contribution is 2.14. The number of carbonyl (C=O) groups excluding carboxylic acids is 3. The van der Waals surface area contributed by atoms with Crippen LogP contribution in [0.5, 0.6) is 0 Å². The highest BCUT2D eigenvalue weighted by molar-refractivity contribution is 5.71. The van der Waals surface area contributed by atoms with Crippen molar-refractivity contribution in [3.05, 3.63) is 60.8 Å². The Labute approximate surface area is 377 Å². The van der Waals surface area contributed by atoms with Crippen molar-refractivity contribution in [2.75, 3.05) is 13.2 Å². The molecule has 0 aromatic heterocycles. The molecule has 0 aliphatic heterocycles. The van der Waals surface area contributed by atoms with Gasteiger partial charge in [0.1, 0.15) is 13.2 Å². The van der Waals surface area contributed by atoms with Gasteiger partial charge in [-0.1, -0.05) is 204 Å². The summed E-state index contributed by atoms with van der Waals surface area (Å²) in [6, 6.07) is 0. The van der Waals surface area contributed by atoms with Gasteiger partial charge in [-0.25, -0.2) is 0 Å².